The van der Waals surface area contributed by atoms with E-state index in [9.17, 15) is 22.8 Å². The Morgan fingerprint density at radius 2 is 2.00 bits per heavy atom. The van der Waals surface area contributed by atoms with Crippen molar-refractivity contribution >= 4 is 27.3 Å². The number of carbonyl (C=O) groups excluding carboxylic acids is 1. The van der Waals surface area contributed by atoms with Gasteiger partial charge in [0.15, 0.2) is 0 Å². The topological polar surface area (TPSA) is 155 Å². The Balaban J connectivity index is 2.09. The van der Waals surface area contributed by atoms with Gasteiger partial charge in [-0.15, -0.1) is 11.3 Å². The summed E-state index contributed by atoms with van der Waals surface area (Å²) >= 11 is 0.916. The molecule has 1 amide bonds. The fraction of sp³-hybridized carbons (Fsp3) is 0.100. The van der Waals surface area contributed by atoms with Crippen LogP contribution >= 0.6 is 11.3 Å². The van der Waals surface area contributed by atoms with E-state index in [1.807, 2.05) is 4.98 Å². The first-order chi connectivity index (χ1) is 9.75. The minimum absolute atomic E-state index is 0.0173. The summed E-state index contributed by atoms with van der Waals surface area (Å²) in [6.45, 7) is 0.0356. The number of sulfonamides is 1. The molecule has 21 heavy (non-hydrogen) atoms. The van der Waals surface area contributed by atoms with Gasteiger partial charge in [-0.1, -0.05) is 0 Å². The van der Waals surface area contributed by atoms with Crippen LogP contribution in [-0.4, -0.2) is 24.3 Å². The molecule has 11 heteroatoms. The summed E-state index contributed by atoms with van der Waals surface area (Å²) < 4.78 is 22.2. The van der Waals surface area contributed by atoms with Gasteiger partial charge in [0.1, 0.15) is 9.90 Å². The second kappa shape index (κ2) is 5.63. The van der Waals surface area contributed by atoms with Gasteiger partial charge in [0.2, 0.25) is 10.0 Å². The number of hydrogen-bond acceptors (Lipinski definition) is 6. The van der Waals surface area contributed by atoms with E-state index in [-0.39, 0.29) is 16.4 Å². The van der Waals surface area contributed by atoms with E-state index in [4.69, 9.17) is 5.14 Å². The summed E-state index contributed by atoms with van der Waals surface area (Å²) in [4.78, 5) is 38.5. The molecule has 0 radical (unpaired) electrons. The number of carbonyl (C=O) groups is 1. The number of rotatable bonds is 4. The zero-order valence-electron chi connectivity index (χ0n) is 10.4. The molecule has 0 bridgehead atoms. The number of hydrogen-bond donors (Lipinski definition) is 4. The fourth-order valence-electron chi connectivity index (χ4n) is 1.46. The molecule has 0 saturated heterocycles. The lowest BCUT2D eigenvalue weighted by atomic mass is 10.3. The normalized spacial score (nSPS) is 11.3. The first-order valence-corrected chi connectivity index (χ1v) is 7.85. The van der Waals surface area contributed by atoms with Gasteiger partial charge >= 0.3 is 5.69 Å². The summed E-state index contributed by atoms with van der Waals surface area (Å²) in [7, 11) is -3.77. The highest BCUT2D eigenvalue weighted by Gasteiger charge is 2.12. The maximum absolute atomic E-state index is 11.8. The first kappa shape index (κ1) is 15.2. The van der Waals surface area contributed by atoms with E-state index in [0.717, 1.165) is 17.4 Å². The maximum atomic E-state index is 11.8. The third kappa shape index (κ3) is 3.87. The summed E-state index contributed by atoms with van der Waals surface area (Å²) in [5, 5.41) is 7.42. The number of primary sulfonamides is 1. The molecule has 2 aromatic rings. The number of aromatic nitrogens is 2. The summed E-state index contributed by atoms with van der Waals surface area (Å²) in [5.41, 5.74) is -1.68. The lowest BCUT2D eigenvalue weighted by Gasteiger charge is -2.02. The van der Waals surface area contributed by atoms with E-state index in [0.29, 0.717) is 4.88 Å². The number of nitrogens with one attached hydrogen (secondary N) is 3. The molecule has 0 atom stereocenters. The van der Waals surface area contributed by atoms with Crippen molar-refractivity contribution < 1.29 is 13.2 Å². The fourth-order valence-corrected chi connectivity index (χ4v) is 3.18. The van der Waals surface area contributed by atoms with Gasteiger partial charge in [-0.2, -0.15) is 0 Å². The molecule has 2 rings (SSSR count). The van der Waals surface area contributed by atoms with Crippen LogP contribution in [0.15, 0.2) is 32.0 Å². The van der Waals surface area contributed by atoms with Crippen molar-refractivity contribution in [3.63, 3.8) is 0 Å². The lowest BCUT2D eigenvalue weighted by molar-refractivity contribution is 0.0945. The van der Waals surface area contributed by atoms with E-state index in [2.05, 4.69) is 10.3 Å². The van der Waals surface area contributed by atoms with Crippen LogP contribution in [0.4, 0.5) is 0 Å². The Bertz CT molecular complexity index is 864. The first-order valence-electron chi connectivity index (χ1n) is 5.49. The molecule has 0 fully saturated rings. The number of aromatic amines is 2. The van der Waals surface area contributed by atoms with Crippen LogP contribution in [-0.2, 0) is 16.6 Å². The van der Waals surface area contributed by atoms with E-state index < -0.39 is 27.2 Å². The molecule has 0 spiro atoms. The molecule has 0 unspecified atom stereocenters. The minimum Gasteiger partial charge on any atom is -0.346 e. The van der Waals surface area contributed by atoms with Crippen molar-refractivity contribution in [1.82, 2.24) is 15.3 Å². The van der Waals surface area contributed by atoms with Gasteiger partial charge in [-0.05, 0) is 12.1 Å². The van der Waals surface area contributed by atoms with E-state index in [1.54, 1.807) is 0 Å². The van der Waals surface area contributed by atoms with Crippen molar-refractivity contribution in [2.24, 2.45) is 5.14 Å². The van der Waals surface area contributed by atoms with E-state index in [1.165, 1.54) is 12.1 Å². The van der Waals surface area contributed by atoms with Crippen LogP contribution in [0.5, 0.6) is 0 Å². The highest BCUT2D eigenvalue weighted by Crippen LogP contribution is 2.19. The SMILES string of the molecule is NS(=O)(=O)c1ccc(CNC(=O)c2cc(=O)[nH]c(=O)[nH]2)s1. The van der Waals surface area contributed by atoms with Gasteiger partial charge in [0.05, 0.1) is 6.54 Å². The van der Waals surface area contributed by atoms with Gasteiger partial charge in [0, 0.05) is 10.9 Å². The van der Waals surface area contributed by atoms with Crippen molar-refractivity contribution in [1.29, 1.82) is 0 Å². The van der Waals surface area contributed by atoms with Gasteiger partial charge in [0.25, 0.3) is 11.5 Å². The highest BCUT2D eigenvalue weighted by atomic mass is 32.2. The molecule has 5 N–H and O–H groups in total. The van der Waals surface area contributed by atoms with Crippen molar-refractivity contribution in [2.75, 3.05) is 0 Å². The van der Waals surface area contributed by atoms with Crippen molar-refractivity contribution in [2.45, 2.75) is 10.8 Å². The Kier molecular flexibility index (Phi) is 4.06. The molecule has 0 aromatic carbocycles. The van der Waals surface area contributed by atoms with Crippen LogP contribution in [0.1, 0.15) is 15.4 Å². The number of H-pyrrole nitrogens is 2. The van der Waals surface area contributed by atoms with E-state index >= 15 is 0 Å². The molecular weight excluding hydrogens is 320 g/mol. The highest BCUT2D eigenvalue weighted by molar-refractivity contribution is 7.91. The molecule has 0 aliphatic carbocycles. The Morgan fingerprint density at radius 3 is 2.57 bits per heavy atom. The molecule has 0 aliphatic rings. The third-order valence-corrected chi connectivity index (χ3v) is 4.87. The zero-order valence-corrected chi connectivity index (χ0v) is 12.0. The predicted molar refractivity (Wildman–Crippen MR) is 74.5 cm³/mol. The monoisotopic (exact) mass is 330 g/mol. The van der Waals surface area contributed by atoms with Crippen molar-refractivity contribution in [3.05, 3.63) is 49.6 Å². The van der Waals surface area contributed by atoms with Crippen LogP contribution < -0.4 is 21.7 Å². The minimum atomic E-state index is -3.77. The second-order valence-electron chi connectivity index (χ2n) is 3.95. The quantitative estimate of drug-likeness (QED) is 0.548. The van der Waals surface area contributed by atoms with Gasteiger partial charge in [-0.3, -0.25) is 14.6 Å². The molecular formula is C10H10N4O5S2. The lowest BCUT2D eigenvalue weighted by Crippen LogP contribution is -2.30. The zero-order chi connectivity index (χ0) is 15.6. The average Bonchev–Trinajstić information content (AvgIpc) is 2.83. The van der Waals surface area contributed by atoms with Gasteiger partial charge in [-0.25, -0.2) is 18.4 Å². The number of thiophene rings is 1. The average molecular weight is 330 g/mol. The predicted octanol–water partition coefficient (Wildman–Crippen LogP) is -1.30. The number of nitrogens with two attached hydrogens (primary N) is 1. The molecule has 2 heterocycles. The molecule has 2 aromatic heterocycles. The second-order valence-corrected chi connectivity index (χ2v) is 6.91. The Morgan fingerprint density at radius 1 is 1.29 bits per heavy atom. The molecule has 9 nitrogen and oxygen atoms in total. The molecule has 112 valence electrons. The summed E-state index contributed by atoms with van der Waals surface area (Å²) in [6.07, 6.45) is 0. The third-order valence-electron chi connectivity index (χ3n) is 2.35. The van der Waals surface area contributed by atoms with Crippen LogP contribution in [0.3, 0.4) is 0 Å². The standard InChI is InChI=1S/C10H10N4O5S2/c11-21(18,19)8-2-1-5(20-8)4-12-9(16)6-3-7(15)14-10(17)13-6/h1-3H,4H2,(H,12,16)(H2,11,18,19)(H2,13,14,15,17). The molecule has 0 aliphatic heterocycles. The van der Waals surface area contributed by atoms with Crippen LogP contribution in [0, 0.1) is 0 Å². The molecule has 0 saturated carbocycles. The van der Waals surface area contributed by atoms with Crippen molar-refractivity contribution in [3.8, 4) is 0 Å². The van der Waals surface area contributed by atoms with Gasteiger partial charge < -0.3 is 10.3 Å². The smallest absolute Gasteiger partial charge is 0.326 e. The summed E-state index contributed by atoms with van der Waals surface area (Å²) in [6, 6.07) is 3.78. The Hall–Kier alpha value is -2.24. The summed E-state index contributed by atoms with van der Waals surface area (Å²) in [5.74, 6) is -0.663. The van der Waals surface area contributed by atoms with Crippen LogP contribution in [0.2, 0.25) is 0 Å². The Labute approximate surface area is 121 Å². The maximum Gasteiger partial charge on any atom is 0.326 e. The largest absolute Gasteiger partial charge is 0.346 e. The number of amides is 1. The van der Waals surface area contributed by atoms with Crippen LogP contribution in [0.25, 0.3) is 0 Å².